The van der Waals surface area contributed by atoms with Crippen molar-refractivity contribution in [2.75, 3.05) is 38.5 Å². The van der Waals surface area contributed by atoms with Crippen LogP contribution in [0.1, 0.15) is 0 Å². The minimum atomic E-state index is -0.370. The molecule has 0 unspecified atom stereocenters. The molecule has 2 heterocycles. The quantitative estimate of drug-likeness (QED) is 0.861. The Balaban J connectivity index is 1.62. The average Bonchev–Trinajstić information content (AvgIpc) is 2.84. The number of imidazole rings is 1. The lowest BCUT2D eigenvalue weighted by Gasteiger charge is -2.31. The minimum absolute atomic E-state index is 0.00161. The van der Waals surface area contributed by atoms with Gasteiger partial charge in [0, 0.05) is 20.1 Å². The van der Waals surface area contributed by atoms with Gasteiger partial charge in [0.05, 0.1) is 24.1 Å². The number of nitrogens with one attached hydrogen (secondary N) is 2. The Morgan fingerprint density at radius 2 is 2.27 bits per heavy atom. The molecule has 3 rings (SSSR count). The third-order valence-electron chi connectivity index (χ3n) is 3.61. The molecule has 2 N–H and O–H groups in total. The van der Waals surface area contributed by atoms with Gasteiger partial charge in [-0.05, 0) is 18.2 Å². The van der Waals surface area contributed by atoms with Crippen LogP contribution in [0.4, 0.5) is 10.3 Å². The number of likely N-dealkylation sites (N-methyl/N-ethyl adjacent to an activating group) is 1. The smallest absolute Gasteiger partial charge is 0.240 e. The van der Waals surface area contributed by atoms with Crippen LogP contribution in [0.2, 0.25) is 0 Å². The van der Waals surface area contributed by atoms with E-state index in [0.717, 1.165) is 0 Å². The number of benzene rings is 1. The highest BCUT2D eigenvalue weighted by Gasteiger charge is 2.22. The summed E-state index contributed by atoms with van der Waals surface area (Å²) < 4.78 is 13.1. The molecule has 22 heavy (non-hydrogen) atoms. The first-order chi connectivity index (χ1) is 10.5. The molecule has 1 aromatic heterocycles. The number of carbonyl (C=O) groups excluding carboxylic acids is 2. The van der Waals surface area contributed by atoms with Crippen molar-refractivity contribution in [1.29, 1.82) is 0 Å². The molecule has 0 saturated carbocycles. The van der Waals surface area contributed by atoms with Gasteiger partial charge in [0.1, 0.15) is 5.82 Å². The zero-order chi connectivity index (χ0) is 15.7. The summed E-state index contributed by atoms with van der Waals surface area (Å²) in [7, 11) is 1.74. The van der Waals surface area contributed by atoms with E-state index in [-0.39, 0.29) is 36.7 Å². The molecule has 1 aromatic carbocycles. The molecule has 116 valence electrons. The van der Waals surface area contributed by atoms with Gasteiger partial charge in [-0.1, -0.05) is 0 Å². The van der Waals surface area contributed by atoms with Crippen molar-refractivity contribution in [3.05, 3.63) is 24.0 Å². The van der Waals surface area contributed by atoms with Crippen LogP contribution in [0, 0.1) is 5.82 Å². The Morgan fingerprint density at radius 3 is 3.05 bits per heavy atom. The van der Waals surface area contributed by atoms with E-state index in [1.165, 1.54) is 18.2 Å². The number of amides is 2. The molecule has 2 amide bonds. The number of fused-ring (bicyclic) bond motifs is 1. The third kappa shape index (κ3) is 3.06. The van der Waals surface area contributed by atoms with E-state index in [0.29, 0.717) is 24.1 Å². The van der Waals surface area contributed by atoms with E-state index in [1.54, 1.807) is 16.8 Å². The summed E-state index contributed by atoms with van der Waals surface area (Å²) in [6.07, 6.45) is 0. The maximum atomic E-state index is 13.1. The number of H-pyrrole nitrogens is 1. The van der Waals surface area contributed by atoms with Gasteiger partial charge < -0.3 is 9.88 Å². The number of nitrogens with zero attached hydrogens (tertiary/aromatic N) is 3. The van der Waals surface area contributed by atoms with Crippen LogP contribution >= 0.6 is 0 Å². The van der Waals surface area contributed by atoms with Crippen LogP contribution in [0.3, 0.4) is 0 Å². The standard InChI is InChI=1S/C14H16FN5O2/c1-19-4-5-20(8-13(19)22)7-12(21)18-14-16-10-3-2-9(15)6-11(10)17-14/h2-3,6H,4-5,7-8H2,1H3,(H2,16,17,18,21). The SMILES string of the molecule is CN1CCN(CC(=O)Nc2nc3ccc(F)cc3[nH]2)CC1=O. The Morgan fingerprint density at radius 1 is 1.45 bits per heavy atom. The predicted octanol–water partition coefficient (Wildman–Crippen LogP) is 0.414. The lowest BCUT2D eigenvalue weighted by Crippen LogP contribution is -2.50. The van der Waals surface area contributed by atoms with Crippen molar-refractivity contribution in [1.82, 2.24) is 19.8 Å². The van der Waals surface area contributed by atoms with Gasteiger partial charge >= 0.3 is 0 Å². The average molecular weight is 305 g/mol. The zero-order valence-electron chi connectivity index (χ0n) is 12.1. The predicted molar refractivity (Wildman–Crippen MR) is 78.8 cm³/mol. The van der Waals surface area contributed by atoms with Gasteiger partial charge in [-0.15, -0.1) is 0 Å². The summed E-state index contributed by atoms with van der Waals surface area (Å²) in [5.41, 5.74) is 1.09. The number of piperazine rings is 1. The first kappa shape index (κ1) is 14.5. The molecule has 1 fully saturated rings. The lowest BCUT2D eigenvalue weighted by molar-refractivity contribution is -0.135. The van der Waals surface area contributed by atoms with E-state index in [4.69, 9.17) is 0 Å². The minimum Gasteiger partial charge on any atom is -0.343 e. The molecule has 0 spiro atoms. The maximum Gasteiger partial charge on any atom is 0.240 e. The number of hydrogen-bond donors (Lipinski definition) is 2. The summed E-state index contributed by atoms with van der Waals surface area (Å²) >= 11 is 0. The highest BCUT2D eigenvalue weighted by atomic mass is 19.1. The molecule has 1 aliphatic rings. The zero-order valence-corrected chi connectivity index (χ0v) is 12.1. The number of rotatable bonds is 3. The summed E-state index contributed by atoms with van der Waals surface area (Å²) in [5, 5.41) is 2.63. The molecular weight excluding hydrogens is 289 g/mol. The molecular formula is C14H16FN5O2. The van der Waals surface area contributed by atoms with Crippen LogP contribution in [-0.2, 0) is 9.59 Å². The van der Waals surface area contributed by atoms with Crippen molar-refractivity contribution >= 4 is 28.8 Å². The number of hydrogen-bond acceptors (Lipinski definition) is 4. The van der Waals surface area contributed by atoms with Crippen molar-refractivity contribution in [2.45, 2.75) is 0 Å². The summed E-state index contributed by atoms with van der Waals surface area (Å²) in [4.78, 5) is 34.0. The number of carbonyl (C=O) groups is 2. The molecule has 0 bridgehead atoms. The number of halogens is 1. The molecule has 1 saturated heterocycles. The van der Waals surface area contributed by atoms with E-state index in [1.807, 2.05) is 0 Å². The van der Waals surface area contributed by atoms with Crippen LogP contribution < -0.4 is 5.32 Å². The van der Waals surface area contributed by atoms with Gasteiger partial charge in [0.2, 0.25) is 17.8 Å². The second-order valence-electron chi connectivity index (χ2n) is 5.32. The first-order valence-electron chi connectivity index (χ1n) is 6.93. The Labute approximate surface area is 126 Å². The van der Waals surface area contributed by atoms with Gasteiger partial charge in [-0.25, -0.2) is 9.37 Å². The lowest BCUT2D eigenvalue weighted by atomic mass is 10.3. The molecule has 8 heteroatoms. The van der Waals surface area contributed by atoms with Gasteiger partial charge in [0.15, 0.2) is 0 Å². The maximum absolute atomic E-state index is 13.1. The van der Waals surface area contributed by atoms with Crippen molar-refractivity contribution in [2.24, 2.45) is 0 Å². The molecule has 0 radical (unpaired) electrons. The van der Waals surface area contributed by atoms with Crippen LogP contribution in [0.15, 0.2) is 18.2 Å². The monoisotopic (exact) mass is 305 g/mol. The molecule has 2 aromatic rings. The first-order valence-corrected chi connectivity index (χ1v) is 6.93. The number of aromatic amines is 1. The summed E-state index contributed by atoms with van der Waals surface area (Å²) in [6.45, 7) is 1.61. The topological polar surface area (TPSA) is 81.3 Å². The highest BCUT2D eigenvalue weighted by Crippen LogP contribution is 2.15. The Kier molecular flexibility index (Phi) is 3.76. The van der Waals surface area contributed by atoms with Gasteiger partial charge in [-0.3, -0.25) is 19.8 Å². The fourth-order valence-corrected chi connectivity index (χ4v) is 2.36. The summed E-state index contributed by atoms with van der Waals surface area (Å²) in [6, 6.07) is 4.16. The number of anilines is 1. The Bertz CT molecular complexity index is 729. The van der Waals surface area contributed by atoms with Crippen LogP contribution in [-0.4, -0.2) is 64.8 Å². The number of aromatic nitrogens is 2. The highest BCUT2D eigenvalue weighted by molar-refractivity contribution is 5.92. The van der Waals surface area contributed by atoms with E-state index in [2.05, 4.69) is 15.3 Å². The van der Waals surface area contributed by atoms with E-state index < -0.39 is 0 Å². The summed E-state index contributed by atoms with van der Waals surface area (Å²) in [5.74, 6) is -0.369. The van der Waals surface area contributed by atoms with Gasteiger partial charge in [-0.2, -0.15) is 0 Å². The Hall–Kier alpha value is -2.48. The normalized spacial score (nSPS) is 16.3. The van der Waals surface area contributed by atoms with Crippen molar-refractivity contribution in [3.8, 4) is 0 Å². The van der Waals surface area contributed by atoms with Crippen LogP contribution in [0.5, 0.6) is 0 Å². The second-order valence-corrected chi connectivity index (χ2v) is 5.32. The molecule has 1 aliphatic heterocycles. The second kappa shape index (κ2) is 5.72. The molecule has 0 atom stereocenters. The largest absolute Gasteiger partial charge is 0.343 e. The van der Waals surface area contributed by atoms with Gasteiger partial charge in [0.25, 0.3) is 0 Å². The molecule has 0 aliphatic carbocycles. The van der Waals surface area contributed by atoms with Crippen molar-refractivity contribution in [3.63, 3.8) is 0 Å². The third-order valence-corrected chi connectivity index (χ3v) is 3.61. The van der Waals surface area contributed by atoms with Crippen molar-refractivity contribution < 1.29 is 14.0 Å². The van der Waals surface area contributed by atoms with Crippen LogP contribution in [0.25, 0.3) is 11.0 Å². The van der Waals surface area contributed by atoms with E-state index in [9.17, 15) is 14.0 Å². The molecule has 7 nitrogen and oxygen atoms in total. The fraction of sp³-hybridized carbons (Fsp3) is 0.357. The fourth-order valence-electron chi connectivity index (χ4n) is 2.36. The van der Waals surface area contributed by atoms with E-state index >= 15 is 0 Å².